The van der Waals surface area contributed by atoms with Gasteiger partial charge in [-0.05, 0) is 31.4 Å². The summed E-state index contributed by atoms with van der Waals surface area (Å²) in [7, 11) is 0. The van der Waals surface area contributed by atoms with Gasteiger partial charge < -0.3 is 9.88 Å². The van der Waals surface area contributed by atoms with E-state index in [0.717, 1.165) is 50.8 Å². The number of nitrogens with zero attached hydrogens (tertiary/aromatic N) is 4. The summed E-state index contributed by atoms with van der Waals surface area (Å²) in [5.41, 5.74) is 1.41. The predicted octanol–water partition coefficient (Wildman–Crippen LogP) is 2.15. The maximum Gasteiger partial charge on any atom is 0.150 e. The van der Waals surface area contributed by atoms with E-state index in [0.29, 0.717) is 6.04 Å². The summed E-state index contributed by atoms with van der Waals surface area (Å²) in [6.07, 6.45) is 4.87. The average molecular weight is 311 g/mol. The average Bonchev–Trinajstić information content (AvgIpc) is 3.05. The molecular formula is C18H25N5. The van der Waals surface area contributed by atoms with Crippen molar-refractivity contribution in [2.75, 3.05) is 19.6 Å². The van der Waals surface area contributed by atoms with E-state index in [1.54, 1.807) is 0 Å². The van der Waals surface area contributed by atoms with Gasteiger partial charge in [0.25, 0.3) is 0 Å². The van der Waals surface area contributed by atoms with Gasteiger partial charge in [0.15, 0.2) is 0 Å². The van der Waals surface area contributed by atoms with E-state index in [9.17, 15) is 0 Å². The minimum absolute atomic E-state index is 0.404. The molecule has 0 unspecified atom stereocenters. The van der Waals surface area contributed by atoms with Crippen molar-refractivity contribution >= 4 is 0 Å². The highest BCUT2D eigenvalue weighted by molar-refractivity contribution is 5.15. The van der Waals surface area contributed by atoms with Crippen LogP contribution in [0, 0.1) is 0 Å². The Labute approximate surface area is 137 Å². The molecule has 0 radical (unpaired) electrons. The lowest BCUT2D eigenvalue weighted by Crippen LogP contribution is -2.37. The summed E-state index contributed by atoms with van der Waals surface area (Å²) in [6, 6.07) is 11.1. The quantitative estimate of drug-likeness (QED) is 0.940. The highest BCUT2D eigenvalue weighted by Crippen LogP contribution is 2.24. The number of hydrogen-bond acceptors (Lipinski definition) is 4. The summed E-state index contributed by atoms with van der Waals surface area (Å²) in [6.45, 7) is 5.23. The van der Waals surface area contributed by atoms with Crippen molar-refractivity contribution in [2.45, 2.75) is 44.8 Å². The van der Waals surface area contributed by atoms with Crippen LogP contribution in [-0.2, 0) is 19.5 Å². The topological polar surface area (TPSA) is 46.0 Å². The number of nitrogens with one attached hydrogen (secondary N) is 1. The molecule has 0 bridgehead atoms. The molecule has 0 amide bonds. The van der Waals surface area contributed by atoms with Crippen molar-refractivity contribution in [3.63, 3.8) is 0 Å². The van der Waals surface area contributed by atoms with Gasteiger partial charge in [-0.3, -0.25) is 4.90 Å². The fourth-order valence-corrected chi connectivity index (χ4v) is 3.68. The number of piperidine rings is 1. The molecule has 1 aromatic heterocycles. The van der Waals surface area contributed by atoms with Crippen LogP contribution in [0.3, 0.4) is 0 Å². The van der Waals surface area contributed by atoms with E-state index >= 15 is 0 Å². The molecule has 4 rings (SSSR count). The van der Waals surface area contributed by atoms with Crippen LogP contribution in [0.4, 0.5) is 0 Å². The third-order valence-corrected chi connectivity index (χ3v) is 5.04. The summed E-state index contributed by atoms with van der Waals surface area (Å²) in [5, 5.41) is 12.6. The molecular weight excluding hydrogens is 286 g/mol. The molecule has 3 heterocycles. The molecule has 5 heteroatoms. The van der Waals surface area contributed by atoms with Gasteiger partial charge in [0.05, 0.1) is 12.6 Å². The lowest BCUT2D eigenvalue weighted by Gasteiger charge is -2.29. The van der Waals surface area contributed by atoms with Crippen molar-refractivity contribution in [3.8, 4) is 0 Å². The zero-order chi connectivity index (χ0) is 15.5. The maximum atomic E-state index is 4.50. The first-order valence-corrected chi connectivity index (χ1v) is 8.82. The van der Waals surface area contributed by atoms with Gasteiger partial charge in [0.1, 0.15) is 11.6 Å². The highest BCUT2D eigenvalue weighted by atomic mass is 15.3. The van der Waals surface area contributed by atoms with Gasteiger partial charge in [-0.25, -0.2) is 0 Å². The Morgan fingerprint density at radius 3 is 2.83 bits per heavy atom. The monoisotopic (exact) mass is 311 g/mol. The van der Waals surface area contributed by atoms with Crippen LogP contribution in [0.5, 0.6) is 0 Å². The molecule has 23 heavy (non-hydrogen) atoms. The van der Waals surface area contributed by atoms with E-state index in [2.05, 4.69) is 55.3 Å². The standard InChI is InChI=1S/C18H25N5/c1-2-6-15(7-3-1)9-11-22-12-13-23-17(14-22)20-21-18(23)16-8-4-5-10-19-16/h1-3,6-7,16,19H,4-5,8-14H2/t16-/m1/s1. The molecule has 0 saturated carbocycles. The van der Waals surface area contributed by atoms with E-state index in [4.69, 9.17) is 0 Å². The van der Waals surface area contributed by atoms with Crippen molar-refractivity contribution in [1.82, 2.24) is 25.0 Å². The van der Waals surface area contributed by atoms with Crippen LogP contribution in [-0.4, -0.2) is 39.3 Å². The molecule has 1 atom stereocenters. The Kier molecular flexibility index (Phi) is 4.39. The van der Waals surface area contributed by atoms with E-state index in [-0.39, 0.29) is 0 Å². The van der Waals surface area contributed by atoms with E-state index < -0.39 is 0 Å². The van der Waals surface area contributed by atoms with Crippen LogP contribution >= 0.6 is 0 Å². The second kappa shape index (κ2) is 6.81. The highest BCUT2D eigenvalue weighted by Gasteiger charge is 2.26. The van der Waals surface area contributed by atoms with Gasteiger partial charge >= 0.3 is 0 Å². The molecule has 1 fully saturated rings. The zero-order valence-corrected chi connectivity index (χ0v) is 13.6. The fourth-order valence-electron chi connectivity index (χ4n) is 3.68. The summed E-state index contributed by atoms with van der Waals surface area (Å²) < 4.78 is 2.35. The third-order valence-electron chi connectivity index (χ3n) is 5.04. The second-order valence-corrected chi connectivity index (χ2v) is 6.64. The molecule has 0 aliphatic carbocycles. The van der Waals surface area contributed by atoms with Gasteiger partial charge in [0, 0.05) is 19.6 Å². The van der Waals surface area contributed by atoms with Crippen molar-refractivity contribution in [1.29, 1.82) is 0 Å². The van der Waals surface area contributed by atoms with Gasteiger partial charge in [0.2, 0.25) is 0 Å². The Morgan fingerprint density at radius 2 is 2.00 bits per heavy atom. The summed E-state index contributed by atoms with van der Waals surface area (Å²) in [4.78, 5) is 2.50. The van der Waals surface area contributed by atoms with Crippen molar-refractivity contribution in [3.05, 3.63) is 47.5 Å². The smallest absolute Gasteiger partial charge is 0.150 e. The van der Waals surface area contributed by atoms with Crippen molar-refractivity contribution in [2.24, 2.45) is 0 Å². The van der Waals surface area contributed by atoms with Gasteiger partial charge in [-0.2, -0.15) is 0 Å². The minimum Gasteiger partial charge on any atom is -0.311 e. The molecule has 1 N–H and O–H groups in total. The largest absolute Gasteiger partial charge is 0.311 e. The molecule has 2 aliphatic heterocycles. The van der Waals surface area contributed by atoms with Crippen LogP contribution in [0.2, 0.25) is 0 Å². The summed E-state index contributed by atoms with van der Waals surface area (Å²) >= 11 is 0. The maximum absolute atomic E-state index is 4.50. The fraction of sp³-hybridized carbons (Fsp3) is 0.556. The van der Waals surface area contributed by atoms with Crippen molar-refractivity contribution < 1.29 is 0 Å². The number of fused-ring (bicyclic) bond motifs is 1. The van der Waals surface area contributed by atoms with Crippen LogP contribution in [0.25, 0.3) is 0 Å². The second-order valence-electron chi connectivity index (χ2n) is 6.64. The number of rotatable bonds is 4. The minimum atomic E-state index is 0.404. The number of aromatic nitrogens is 3. The SMILES string of the molecule is c1ccc(CCN2CCn3c(nnc3[C@H]3CCCCN3)C2)cc1. The first-order valence-electron chi connectivity index (χ1n) is 8.82. The molecule has 5 nitrogen and oxygen atoms in total. The normalized spacial score (nSPS) is 22.0. The molecule has 2 aliphatic rings. The third kappa shape index (κ3) is 3.31. The Balaban J connectivity index is 1.39. The zero-order valence-electron chi connectivity index (χ0n) is 13.6. The molecule has 2 aromatic rings. The molecule has 122 valence electrons. The van der Waals surface area contributed by atoms with Crippen LogP contribution in [0.15, 0.2) is 30.3 Å². The summed E-state index contributed by atoms with van der Waals surface area (Å²) in [5.74, 6) is 2.29. The molecule has 1 saturated heterocycles. The predicted molar refractivity (Wildman–Crippen MR) is 90.0 cm³/mol. The lowest BCUT2D eigenvalue weighted by atomic mass is 10.0. The van der Waals surface area contributed by atoms with Crippen LogP contribution in [0.1, 0.15) is 42.5 Å². The first kappa shape index (κ1) is 14.8. The Hall–Kier alpha value is -1.72. The molecule has 1 aromatic carbocycles. The van der Waals surface area contributed by atoms with Gasteiger partial charge in [-0.15, -0.1) is 10.2 Å². The van der Waals surface area contributed by atoms with E-state index in [1.165, 1.54) is 24.8 Å². The Bertz CT molecular complexity index is 630. The van der Waals surface area contributed by atoms with Crippen LogP contribution < -0.4 is 5.32 Å². The number of benzene rings is 1. The van der Waals surface area contributed by atoms with E-state index in [1.807, 2.05) is 0 Å². The molecule has 0 spiro atoms. The first-order chi connectivity index (χ1) is 11.4. The lowest BCUT2D eigenvalue weighted by molar-refractivity contribution is 0.215. The van der Waals surface area contributed by atoms with Gasteiger partial charge in [-0.1, -0.05) is 36.8 Å². The number of hydrogen-bond donors (Lipinski definition) is 1. The Morgan fingerprint density at radius 1 is 1.09 bits per heavy atom.